The molecule has 0 N–H and O–H groups in total. The molecule has 0 radical (unpaired) electrons. The van der Waals surface area contributed by atoms with Gasteiger partial charge in [0.15, 0.2) is 4.80 Å². The number of carbonyl (C=O) groups is 1. The number of amides is 1. The van der Waals surface area contributed by atoms with E-state index in [0.717, 1.165) is 35.2 Å². The predicted molar refractivity (Wildman–Crippen MR) is 130 cm³/mol. The molecule has 0 spiro atoms. The maximum Gasteiger partial charge on any atom is 0.279 e. The molecule has 1 amide bonds. The molecule has 0 aliphatic carbocycles. The molecule has 2 aromatic carbocycles. The molecule has 0 unspecified atom stereocenters. The van der Waals surface area contributed by atoms with Crippen molar-refractivity contribution < 1.29 is 17.9 Å². The quantitative estimate of drug-likeness (QED) is 0.515. The Morgan fingerprint density at radius 2 is 1.91 bits per heavy atom. The van der Waals surface area contributed by atoms with Gasteiger partial charge in [-0.15, -0.1) is 0 Å². The standard InChI is InChI=1S/C24H29N3O4S2/c1-4-26-22-20(31-5-2)10-8-11-21(22)32-24(26)25-23(28)18-12-14-19(15-13-18)33(29,30)27-16-7-6-9-17(27)3/h8,10-15,17H,4-7,9,16H2,1-3H3/t17-/m1/s1. The van der Waals surface area contributed by atoms with Crippen molar-refractivity contribution in [2.24, 2.45) is 4.99 Å². The predicted octanol–water partition coefficient (Wildman–Crippen LogP) is 4.43. The summed E-state index contributed by atoms with van der Waals surface area (Å²) in [6.45, 7) is 7.60. The minimum atomic E-state index is -3.58. The smallest absolute Gasteiger partial charge is 0.279 e. The second-order valence-electron chi connectivity index (χ2n) is 8.07. The summed E-state index contributed by atoms with van der Waals surface area (Å²) in [5.74, 6) is 0.362. The van der Waals surface area contributed by atoms with Gasteiger partial charge < -0.3 is 9.30 Å². The van der Waals surface area contributed by atoms with Crippen LogP contribution in [0.5, 0.6) is 5.75 Å². The molecule has 1 aliphatic rings. The Morgan fingerprint density at radius 1 is 1.15 bits per heavy atom. The third kappa shape index (κ3) is 4.62. The lowest BCUT2D eigenvalue weighted by molar-refractivity contribution is 0.0997. The van der Waals surface area contributed by atoms with E-state index in [1.54, 1.807) is 16.4 Å². The van der Waals surface area contributed by atoms with Crippen molar-refractivity contribution in [1.29, 1.82) is 0 Å². The summed E-state index contributed by atoms with van der Waals surface area (Å²) in [6.07, 6.45) is 2.78. The maximum atomic E-state index is 13.0. The number of hydrogen-bond donors (Lipinski definition) is 0. The second-order valence-corrected chi connectivity index (χ2v) is 11.0. The summed E-state index contributed by atoms with van der Waals surface area (Å²) in [6, 6.07) is 11.9. The number of ether oxygens (including phenoxy) is 1. The van der Waals surface area contributed by atoms with E-state index in [9.17, 15) is 13.2 Å². The fourth-order valence-corrected chi connectivity index (χ4v) is 7.04. The first-order valence-corrected chi connectivity index (χ1v) is 13.6. The van der Waals surface area contributed by atoms with E-state index >= 15 is 0 Å². The summed E-state index contributed by atoms with van der Waals surface area (Å²) >= 11 is 1.43. The van der Waals surface area contributed by atoms with Crippen LogP contribution < -0.4 is 9.54 Å². The Bertz CT molecular complexity index is 1320. The number of carbonyl (C=O) groups excluding carboxylic acids is 1. The number of para-hydroxylation sites is 1. The minimum Gasteiger partial charge on any atom is -0.492 e. The third-order valence-electron chi connectivity index (χ3n) is 5.93. The molecule has 0 bridgehead atoms. The van der Waals surface area contributed by atoms with Crippen LogP contribution in [0.25, 0.3) is 10.2 Å². The Labute approximate surface area is 198 Å². The monoisotopic (exact) mass is 487 g/mol. The molecule has 1 fully saturated rings. The lowest BCUT2D eigenvalue weighted by Crippen LogP contribution is -2.41. The maximum absolute atomic E-state index is 13.0. The van der Waals surface area contributed by atoms with Gasteiger partial charge in [-0.25, -0.2) is 8.42 Å². The van der Waals surface area contributed by atoms with Crippen LogP contribution in [0.2, 0.25) is 0 Å². The van der Waals surface area contributed by atoms with Gasteiger partial charge in [0, 0.05) is 24.7 Å². The normalized spacial score (nSPS) is 18.0. The number of thiazole rings is 1. The number of rotatable bonds is 6. The molecule has 4 rings (SSSR count). The van der Waals surface area contributed by atoms with Gasteiger partial charge >= 0.3 is 0 Å². The van der Waals surface area contributed by atoms with Crippen molar-refractivity contribution in [2.45, 2.75) is 57.5 Å². The highest BCUT2D eigenvalue weighted by Crippen LogP contribution is 2.28. The molecular formula is C24H29N3O4S2. The number of hydrogen-bond acceptors (Lipinski definition) is 5. The van der Waals surface area contributed by atoms with Crippen molar-refractivity contribution in [2.75, 3.05) is 13.2 Å². The average Bonchev–Trinajstić information content (AvgIpc) is 3.17. The van der Waals surface area contributed by atoms with E-state index in [1.165, 1.54) is 23.5 Å². The summed E-state index contributed by atoms with van der Waals surface area (Å²) < 4.78 is 36.4. The van der Waals surface area contributed by atoms with Gasteiger partial charge in [0.25, 0.3) is 5.91 Å². The van der Waals surface area contributed by atoms with Gasteiger partial charge in [0.2, 0.25) is 10.0 Å². The van der Waals surface area contributed by atoms with Crippen LogP contribution in [-0.4, -0.2) is 42.4 Å². The first-order chi connectivity index (χ1) is 15.9. The molecular weight excluding hydrogens is 458 g/mol. The van der Waals surface area contributed by atoms with E-state index in [2.05, 4.69) is 4.99 Å². The first-order valence-electron chi connectivity index (χ1n) is 11.3. The van der Waals surface area contributed by atoms with Crippen molar-refractivity contribution in [3.63, 3.8) is 0 Å². The Morgan fingerprint density at radius 3 is 2.58 bits per heavy atom. The number of benzene rings is 2. The van der Waals surface area contributed by atoms with Gasteiger partial charge in [0.1, 0.15) is 11.3 Å². The number of fused-ring (bicyclic) bond motifs is 1. The largest absolute Gasteiger partial charge is 0.492 e. The van der Waals surface area contributed by atoms with E-state index in [1.807, 2.05) is 43.5 Å². The number of aromatic nitrogens is 1. The molecule has 7 nitrogen and oxygen atoms in total. The Hall–Kier alpha value is -2.49. The van der Waals surface area contributed by atoms with Crippen molar-refractivity contribution in [3.05, 3.63) is 52.8 Å². The fourth-order valence-electron chi connectivity index (χ4n) is 4.23. The molecule has 9 heteroatoms. The molecule has 2 heterocycles. The molecule has 0 saturated carbocycles. The molecule has 176 valence electrons. The van der Waals surface area contributed by atoms with Gasteiger partial charge in [-0.2, -0.15) is 9.30 Å². The highest BCUT2D eigenvalue weighted by molar-refractivity contribution is 7.89. The minimum absolute atomic E-state index is 0.0147. The van der Waals surface area contributed by atoms with Crippen LogP contribution in [0.15, 0.2) is 52.4 Å². The van der Waals surface area contributed by atoms with E-state index in [0.29, 0.717) is 30.1 Å². The highest BCUT2D eigenvalue weighted by Gasteiger charge is 2.30. The van der Waals surface area contributed by atoms with Gasteiger partial charge in [-0.3, -0.25) is 4.79 Å². The molecule has 1 aromatic heterocycles. The van der Waals surface area contributed by atoms with Crippen molar-refractivity contribution in [1.82, 2.24) is 8.87 Å². The van der Waals surface area contributed by atoms with Crippen molar-refractivity contribution >= 4 is 37.5 Å². The van der Waals surface area contributed by atoms with Crippen molar-refractivity contribution in [3.8, 4) is 5.75 Å². The Balaban J connectivity index is 1.66. The molecule has 1 atom stereocenters. The zero-order valence-electron chi connectivity index (χ0n) is 19.2. The van der Waals surface area contributed by atoms with E-state index in [4.69, 9.17) is 4.74 Å². The zero-order valence-corrected chi connectivity index (χ0v) is 20.8. The van der Waals surface area contributed by atoms with Crippen LogP contribution in [-0.2, 0) is 16.6 Å². The van der Waals surface area contributed by atoms with E-state index < -0.39 is 15.9 Å². The summed E-state index contributed by atoms with van der Waals surface area (Å²) in [5.41, 5.74) is 1.28. The zero-order chi connectivity index (χ0) is 23.6. The number of nitrogens with zero attached hydrogens (tertiary/aromatic N) is 3. The molecule has 3 aromatic rings. The average molecular weight is 488 g/mol. The van der Waals surface area contributed by atoms with E-state index in [-0.39, 0.29) is 10.9 Å². The number of sulfonamides is 1. The summed E-state index contributed by atoms with van der Waals surface area (Å²) in [4.78, 5) is 18.1. The van der Waals surface area contributed by atoms with Crippen LogP contribution in [0.4, 0.5) is 0 Å². The first kappa shape index (κ1) is 23.7. The van der Waals surface area contributed by atoms with Gasteiger partial charge in [-0.05, 0) is 70.0 Å². The third-order valence-corrected chi connectivity index (χ3v) is 9.00. The number of aryl methyl sites for hydroxylation is 1. The molecule has 33 heavy (non-hydrogen) atoms. The topological polar surface area (TPSA) is 81.0 Å². The fraction of sp³-hybridized carbons (Fsp3) is 0.417. The molecule has 1 saturated heterocycles. The van der Waals surface area contributed by atoms with Gasteiger partial charge in [-0.1, -0.05) is 23.8 Å². The molecule has 1 aliphatic heterocycles. The SMILES string of the molecule is CCOc1cccc2sc(=NC(=O)c3ccc(S(=O)(=O)N4CCCC[C@H]4C)cc3)n(CC)c12. The van der Waals surface area contributed by atoms with Crippen LogP contribution in [0.3, 0.4) is 0 Å². The summed E-state index contributed by atoms with van der Waals surface area (Å²) in [7, 11) is -3.58. The van der Waals surface area contributed by atoms with Crippen LogP contribution >= 0.6 is 11.3 Å². The lowest BCUT2D eigenvalue weighted by Gasteiger charge is -2.32. The van der Waals surface area contributed by atoms with Gasteiger partial charge in [0.05, 0.1) is 16.2 Å². The highest BCUT2D eigenvalue weighted by atomic mass is 32.2. The lowest BCUT2D eigenvalue weighted by atomic mass is 10.1. The Kier molecular flexibility index (Phi) is 7.02. The second kappa shape index (κ2) is 9.79. The van der Waals surface area contributed by atoms with Crippen LogP contribution in [0.1, 0.15) is 50.4 Å². The number of piperidine rings is 1. The summed E-state index contributed by atoms with van der Waals surface area (Å²) in [5, 5.41) is 0. The van der Waals surface area contributed by atoms with Crippen LogP contribution in [0, 0.1) is 0 Å².